The fourth-order valence-electron chi connectivity index (χ4n) is 4.02. The summed E-state index contributed by atoms with van der Waals surface area (Å²) in [6.07, 6.45) is 6.37. The third-order valence-corrected chi connectivity index (χ3v) is 6.22. The molecule has 0 bridgehead atoms. The van der Waals surface area contributed by atoms with Crippen LogP contribution in [0.25, 0.3) is 0 Å². The highest BCUT2D eigenvalue weighted by Gasteiger charge is 2.25. The van der Waals surface area contributed by atoms with Crippen LogP contribution >= 0.6 is 0 Å². The summed E-state index contributed by atoms with van der Waals surface area (Å²) in [5.74, 6) is 2.46. The third-order valence-electron chi connectivity index (χ3n) is 6.22. The van der Waals surface area contributed by atoms with Crippen LogP contribution in [0, 0.1) is 5.92 Å². The molecule has 0 radical (unpaired) electrons. The molecule has 7 heteroatoms. The van der Waals surface area contributed by atoms with E-state index in [1.54, 1.807) is 0 Å². The molecular weight excluding hydrogens is 418 g/mol. The van der Waals surface area contributed by atoms with Crippen molar-refractivity contribution in [2.75, 3.05) is 24.6 Å². The Hall–Kier alpha value is -3.48. The van der Waals surface area contributed by atoms with E-state index in [-0.39, 0.29) is 23.8 Å². The Balaban J connectivity index is 1.11. The minimum atomic E-state index is -0.283. The topological polar surface area (TPSA) is 76.8 Å². The lowest BCUT2D eigenvalue weighted by Gasteiger charge is -2.20. The lowest BCUT2D eigenvalue weighted by atomic mass is 10.1. The summed E-state index contributed by atoms with van der Waals surface area (Å²) in [6, 6.07) is 16.1. The zero-order valence-electron chi connectivity index (χ0n) is 18.8. The van der Waals surface area contributed by atoms with Crippen molar-refractivity contribution in [2.24, 2.45) is 5.92 Å². The molecule has 1 saturated carbocycles. The third kappa shape index (κ3) is 5.48. The highest BCUT2D eigenvalue weighted by atomic mass is 16.5. The van der Waals surface area contributed by atoms with E-state index in [4.69, 9.17) is 13.9 Å². The van der Waals surface area contributed by atoms with Crippen molar-refractivity contribution in [1.29, 1.82) is 0 Å². The SMILES string of the molecule is C[C@H](NC(=O)c1cnco1)c1ccc(O[C@@H]2CCN(c3ccc(OCC4CC4)cc3)C2)cc1. The van der Waals surface area contributed by atoms with E-state index in [1.165, 1.54) is 31.1 Å². The highest BCUT2D eigenvalue weighted by molar-refractivity contribution is 5.91. The number of carbonyl (C=O) groups excluding carboxylic acids is 1. The molecule has 7 nitrogen and oxygen atoms in total. The lowest BCUT2D eigenvalue weighted by molar-refractivity contribution is 0.0912. The number of aromatic nitrogens is 1. The van der Waals surface area contributed by atoms with Crippen LogP contribution in [0.4, 0.5) is 5.69 Å². The molecule has 3 aromatic rings. The first kappa shape index (κ1) is 21.4. The molecule has 2 heterocycles. The molecule has 1 aliphatic carbocycles. The van der Waals surface area contributed by atoms with Crippen molar-refractivity contribution in [3.63, 3.8) is 0 Å². The number of carbonyl (C=O) groups is 1. The predicted octanol–water partition coefficient (Wildman–Crippen LogP) is 4.61. The van der Waals surface area contributed by atoms with Gasteiger partial charge in [0.25, 0.3) is 5.91 Å². The second-order valence-corrected chi connectivity index (χ2v) is 8.85. The van der Waals surface area contributed by atoms with E-state index >= 15 is 0 Å². The van der Waals surface area contributed by atoms with Crippen molar-refractivity contribution >= 4 is 11.6 Å². The number of oxazole rings is 1. The molecule has 172 valence electrons. The molecule has 0 unspecified atom stereocenters. The molecule has 5 rings (SSSR count). The average molecular weight is 448 g/mol. The molecule has 1 saturated heterocycles. The standard InChI is InChI=1S/C26H29N3O4/c1-18(28-26(30)25-14-27-17-32-25)20-4-8-23(9-5-20)33-24-12-13-29(15-24)21-6-10-22(11-7-21)31-16-19-2-3-19/h4-11,14,17-19,24H,2-3,12-13,15-16H2,1H3,(H,28,30)/t18-,24+/m0/s1. The van der Waals surface area contributed by atoms with Crippen LogP contribution in [0.5, 0.6) is 11.5 Å². The van der Waals surface area contributed by atoms with Crippen molar-refractivity contribution in [3.8, 4) is 11.5 Å². The van der Waals surface area contributed by atoms with Crippen molar-refractivity contribution < 1.29 is 18.7 Å². The molecule has 1 N–H and O–H groups in total. The Labute approximate surface area is 193 Å². The van der Waals surface area contributed by atoms with Gasteiger partial charge in [-0.25, -0.2) is 4.98 Å². The van der Waals surface area contributed by atoms with E-state index in [2.05, 4.69) is 39.5 Å². The van der Waals surface area contributed by atoms with Crippen LogP contribution in [-0.2, 0) is 0 Å². The molecule has 2 aliphatic rings. The molecular formula is C26H29N3O4. The Morgan fingerprint density at radius 2 is 1.88 bits per heavy atom. The van der Waals surface area contributed by atoms with E-state index in [9.17, 15) is 4.79 Å². The lowest BCUT2D eigenvalue weighted by Crippen LogP contribution is -2.26. The maximum atomic E-state index is 12.1. The minimum absolute atomic E-state index is 0.144. The fraction of sp³-hybridized carbons (Fsp3) is 0.385. The van der Waals surface area contributed by atoms with Gasteiger partial charge in [0.05, 0.1) is 25.4 Å². The second-order valence-electron chi connectivity index (χ2n) is 8.85. The number of ether oxygens (including phenoxy) is 2. The second kappa shape index (κ2) is 9.57. The molecule has 1 amide bonds. The van der Waals surface area contributed by atoms with Crippen LogP contribution in [0.1, 0.15) is 48.3 Å². The molecule has 1 aromatic heterocycles. The van der Waals surface area contributed by atoms with E-state index in [0.29, 0.717) is 0 Å². The number of hydrogen-bond acceptors (Lipinski definition) is 6. The van der Waals surface area contributed by atoms with Gasteiger partial charge in [-0.1, -0.05) is 12.1 Å². The van der Waals surface area contributed by atoms with Gasteiger partial charge in [0.15, 0.2) is 6.39 Å². The van der Waals surface area contributed by atoms with Crippen molar-refractivity contribution in [3.05, 3.63) is 72.4 Å². The summed E-state index contributed by atoms with van der Waals surface area (Å²) in [5, 5.41) is 2.91. The van der Waals surface area contributed by atoms with Gasteiger partial charge >= 0.3 is 0 Å². The minimum Gasteiger partial charge on any atom is -0.493 e. The first-order chi connectivity index (χ1) is 16.1. The molecule has 0 spiro atoms. The fourth-order valence-corrected chi connectivity index (χ4v) is 4.02. The van der Waals surface area contributed by atoms with Crippen LogP contribution < -0.4 is 19.7 Å². The van der Waals surface area contributed by atoms with Crippen LogP contribution in [0.3, 0.4) is 0 Å². The summed E-state index contributed by atoms with van der Waals surface area (Å²) in [5.41, 5.74) is 2.19. The average Bonchev–Trinajstić information content (AvgIpc) is 3.29. The predicted molar refractivity (Wildman–Crippen MR) is 125 cm³/mol. The smallest absolute Gasteiger partial charge is 0.289 e. The maximum Gasteiger partial charge on any atom is 0.289 e. The van der Waals surface area contributed by atoms with Crippen LogP contribution in [0.15, 0.2) is 65.5 Å². The van der Waals surface area contributed by atoms with Gasteiger partial charge in [0.2, 0.25) is 5.76 Å². The van der Waals surface area contributed by atoms with Crippen LogP contribution in [0.2, 0.25) is 0 Å². The highest BCUT2D eigenvalue weighted by Crippen LogP contribution is 2.30. The summed E-state index contributed by atoms with van der Waals surface area (Å²) in [6.45, 7) is 4.59. The number of anilines is 1. The Morgan fingerprint density at radius 1 is 1.12 bits per heavy atom. The molecule has 2 aromatic carbocycles. The number of amides is 1. The van der Waals surface area contributed by atoms with Crippen molar-refractivity contribution in [2.45, 2.75) is 38.3 Å². The van der Waals surface area contributed by atoms with Gasteiger partial charge in [0, 0.05) is 18.7 Å². The number of rotatable bonds is 9. The largest absolute Gasteiger partial charge is 0.493 e. The summed E-state index contributed by atoms with van der Waals surface area (Å²) < 4.78 is 17.1. The van der Waals surface area contributed by atoms with E-state index < -0.39 is 0 Å². The van der Waals surface area contributed by atoms with E-state index in [1.807, 2.05) is 31.2 Å². The zero-order chi connectivity index (χ0) is 22.6. The first-order valence-corrected chi connectivity index (χ1v) is 11.6. The summed E-state index contributed by atoms with van der Waals surface area (Å²) >= 11 is 0. The van der Waals surface area contributed by atoms with E-state index in [0.717, 1.165) is 49.1 Å². The quantitative estimate of drug-likeness (QED) is 0.516. The summed E-state index contributed by atoms with van der Waals surface area (Å²) in [4.78, 5) is 18.3. The Kier molecular flexibility index (Phi) is 6.19. The summed E-state index contributed by atoms with van der Waals surface area (Å²) in [7, 11) is 0. The number of nitrogens with zero attached hydrogens (tertiary/aromatic N) is 2. The zero-order valence-corrected chi connectivity index (χ0v) is 18.8. The van der Waals surface area contributed by atoms with Crippen LogP contribution in [-0.4, -0.2) is 36.7 Å². The van der Waals surface area contributed by atoms with Gasteiger partial charge in [-0.05, 0) is 67.6 Å². The molecule has 33 heavy (non-hydrogen) atoms. The Morgan fingerprint density at radius 3 is 2.58 bits per heavy atom. The van der Waals surface area contributed by atoms with Gasteiger partial charge in [-0.15, -0.1) is 0 Å². The van der Waals surface area contributed by atoms with Gasteiger partial charge < -0.3 is 24.1 Å². The maximum absolute atomic E-state index is 12.1. The number of nitrogens with one attached hydrogen (secondary N) is 1. The normalized spacial score (nSPS) is 18.7. The van der Waals surface area contributed by atoms with Gasteiger partial charge in [-0.3, -0.25) is 4.79 Å². The Bertz CT molecular complexity index is 1050. The molecule has 2 atom stereocenters. The van der Waals surface area contributed by atoms with Gasteiger partial charge in [-0.2, -0.15) is 0 Å². The number of benzene rings is 2. The molecule has 1 aliphatic heterocycles. The van der Waals surface area contributed by atoms with Gasteiger partial charge in [0.1, 0.15) is 17.6 Å². The first-order valence-electron chi connectivity index (χ1n) is 11.6. The monoisotopic (exact) mass is 447 g/mol. The number of hydrogen-bond donors (Lipinski definition) is 1. The van der Waals surface area contributed by atoms with Crippen molar-refractivity contribution in [1.82, 2.24) is 10.3 Å². The molecule has 2 fully saturated rings.